The van der Waals surface area contributed by atoms with Crippen LogP contribution in [0.1, 0.15) is 81.1 Å². The van der Waals surface area contributed by atoms with E-state index in [2.05, 4.69) is 6.08 Å². The molecular formula is C32H54O8. The number of carbonyl (C=O) groups is 1. The fourth-order valence-corrected chi connectivity index (χ4v) is 7.28. The third-order valence-corrected chi connectivity index (χ3v) is 9.77. The Morgan fingerprint density at radius 1 is 1.07 bits per heavy atom. The number of fused-ring (bicyclic) bond motifs is 1. The molecule has 8 heteroatoms. The maximum atomic E-state index is 11.8. The average Bonchev–Trinajstić information content (AvgIpc) is 2.84. The normalized spacial score (nSPS) is 35.4. The first-order valence-corrected chi connectivity index (χ1v) is 14.8. The van der Waals surface area contributed by atoms with Crippen LogP contribution in [0.5, 0.6) is 0 Å². The Bertz CT molecular complexity index is 955. The molecule has 0 radical (unpaired) electrons. The van der Waals surface area contributed by atoms with Gasteiger partial charge >= 0.3 is 5.97 Å². The van der Waals surface area contributed by atoms with Gasteiger partial charge in [0.15, 0.2) is 0 Å². The van der Waals surface area contributed by atoms with Crippen LogP contribution in [0.4, 0.5) is 0 Å². The largest absolute Gasteiger partial charge is 0.478 e. The van der Waals surface area contributed by atoms with Crippen LogP contribution in [-0.4, -0.2) is 78.3 Å². The summed E-state index contributed by atoms with van der Waals surface area (Å²) in [5.74, 6) is -2.26. The minimum atomic E-state index is -1.01. The van der Waals surface area contributed by atoms with Crippen LogP contribution in [0.3, 0.4) is 0 Å². The number of hydrogen-bond acceptors (Lipinski definition) is 7. The Labute approximate surface area is 240 Å². The van der Waals surface area contributed by atoms with E-state index in [-0.39, 0.29) is 60.8 Å². The summed E-state index contributed by atoms with van der Waals surface area (Å²) in [6, 6.07) is 0. The second-order valence-electron chi connectivity index (χ2n) is 13.3. The molecule has 0 aliphatic heterocycles. The van der Waals surface area contributed by atoms with Crippen molar-refractivity contribution in [3.8, 4) is 0 Å². The zero-order valence-corrected chi connectivity index (χ0v) is 25.5. The highest BCUT2D eigenvalue weighted by atomic mass is 16.4. The van der Waals surface area contributed by atoms with Gasteiger partial charge in [-0.25, -0.2) is 4.79 Å². The average molecular weight is 567 g/mol. The van der Waals surface area contributed by atoms with Gasteiger partial charge in [0.25, 0.3) is 0 Å². The van der Waals surface area contributed by atoms with Crippen molar-refractivity contribution in [2.75, 3.05) is 0 Å². The summed E-state index contributed by atoms with van der Waals surface area (Å²) in [5, 5.41) is 73.3. The number of rotatable bonds is 12. The Balaban J connectivity index is 2.26. The fourth-order valence-electron chi connectivity index (χ4n) is 7.28. The second-order valence-corrected chi connectivity index (χ2v) is 13.3. The molecule has 2 aliphatic rings. The lowest BCUT2D eigenvalue weighted by molar-refractivity contribution is -0.132. The van der Waals surface area contributed by atoms with E-state index in [1.54, 1.807) is 19.9 Å². The minimum absolute atomic E-state index is 0.0169. The summed E-state index contributed by atoms with van der Waals surface area (Å²) in [4.78, 5) is 11.8. The maximum Gasteiger partial charge on any atom is 0.330 e. The van der Waals surface area contributed by atoms with Gasteiger partial charge in [0.2, 0.25) is 0 Å². The highest BCUT2D eigenvalue weighted by Crippen LogP contribution is 2.57. The summed E-state index contributed by atoms with van der Waals surface area (Å²) in [6.45, 7) is 14.9. The van der Waals surface area contributed by atoms with E-state index in [1.807, 2.05) is 47.6 Å². The molecule has 0 aromatic carbocycles. The first-order chi connectivity index (χ1) is 18.4. The third kappa shape index (κ3) is 7.84. The Morgan fingerprint density at radius 3 is 2.23 bits per heavy atom. The van der Waals surface area contributed by atoms with Gasteiger partial charge in [0.1, 0.15) is 0 Å². The standard InChI is InChI=1S/C32H54O8/c1-16(2)30(38)21(7)25(35)13-23(34)12-22(33)10-9-17(3)28-19(5)15-32(8)27(37)14-26(36)20(6)29(32)24(28)11-18(4)31(39)40/h9,11,15-16,20-30,33-38H,10,12-14H2,1-8H3,(H,39,40). The van der Waals surface area contributed by atoms with Crippen LogP contribution in [0.2, 0.25) is 0 Å². The van der Waals surface area contributed by atoms with Crippen LogP contribution >= 0.6 is 0 Å². The third-order valence-electron chi connectivity index (χ3n) is 9.77. The highest BCUT2D eigenvalue weighted by Gasteiger charge is 2.55. The molecule has 0 aromatic heterocycles. The summed E-state index contributed by atoms with van der Waals surface area (Å²) < 4.78 is 0. The molecule has 0 amide bonds. The smallest absolute Gasteiger partial charge is 0.330 e. The van der Waals surface area contributed by atoms with E-state index in [1.165, 1.54) is 0 Å². The SMILES string of the molecule is CC(=CC1C(C(C)=CCC(O)CC(O)CC(O)C(C)C(O)C(C)C)C(C)=CC2(C)C(O)CC(O)C(C)C12)C(=O)O. The van der Waals surface area contributed by atoms with Crippen molar-refractivity contribution in [1.82, 2.24) is 0 Å². The molecule has 0 bridgehead atoms. The zero-order chi connectivity index (χ0) is 30.7. The van der Waals surface area contributed by atoms with Gasteiger partial charge in [-0.2, -0.15) is 0 Å². The van der Waals surface area contributed by atoms with E-state index in [0.29, 0.717) is 0 Å². The van der Waals surface area contributed by atoms with Gasteiger partial charge in [-0.05, 0) is 63.7 Å². The topological polar surface area (TPSA) is 159 Å². The molecule has 230 valence electrons. The molecule has 8 nitrogen and oxygen atoms in total. The number of hydrogen-bond donors (Lipinski definition) is 7. The number of aliphatic hydroxyl groups is 6. The highest BCUT2D eigenvalue weighted by molar-refractivity contribution is 5.85. The zero-order valence-electron chi connectivity index (χ0n) is 25.5. The van der Waals surface area contributed by atoms with E-state index in [9.17, 15) is 40.5 Å². The summed E-state index contributed by atoms with van der Waals surface area (Å²) in [6.07, 6.45) is 1.60. The molecule has 0 saturated heterocycles. The Kier molecular flexibility index (Phi) is 12.2. The summed E-state index contributed by atoms with van der Waals surface area (Å²) in [5.41, 5.74) is 1.54. The number of carboxylic acid groups (broad SMARTS) is 1. The summed E-state index contributed by atoms with van der Waals surface area (Å²) >= 11 is 0. The van der Waals surface area contributed by atoms with Crippen LogP contribution in [0.25, 0.3) is 0 Å². The quantitative estimate of drug-likeness (QED) is 0.140. The monoisotopic (exact) mass is 566 g/mol. The molecule has 0 heterocycles. The second kappa shape index (κ2) is 14.1. The van der Waals surface area contributed by atoms with E-state index in [0.717, 1.165) is 11.1 Å². The number of carboxylic acids is 1. The van der Waals surface area contributed by atoms with Crippen molar-refractivity contribution < 1.29 is 40.5 Å². The lowest BCUT2D eigenvalue weighted by Gasteiger charge is -2.56. The van der Waals surface area contributed by atoms with Gasteiger partial charge in [-0.1, -0.05) is 64.0 Å². The predicted molar refractivity (Wildman–Crippen MR) is 155 cm³/mol. The lowest BCUT2D eigenvalue weighted by atomic mass is 9.50. The van der Waals surface area contributed by atoms with Gasteiger partial charge in [-0.3, -0.25) is 0 Å². The van der Waals surface area contributed by atoms with Crippen LogP contribution in [0.15, 0.2) is 34.9 Å². The first-order valence-electron chi connectivity index (χ1n) is 14.8. The van der Waals surface area contributed by atoms with Crippen molar-refractivity contribution in [2.45, 2.75) is 118 Å². The van der Waals surface area contributed by atoms with Crippen molar-refractivity contribution in [2.24, 2.45) is 40.9 Å². The van der Waals surface area contributed by atoms with Crippen LogP contribution in [0, 0.1) is 40.9 Å². The summed E-state index contributed by atoms with van der Waals surface area (Å²) in [7, 11) is 0. The minimum Gasteiger partial charge on any atom is -0.478 e. The number of aliphatic hydroxyl groups excluding tert-OH is 6. The predicted octanol–water partition coefficient (Wildman–Crippen LogP) is 3.45. The van der Waals surface area contributed by atoms with Gasteiger partial charge in [0.05, 0.1) is 36.6 Å². The van der Waals surface area contributed by atoms with Crippen molar-refractivity contribution in [3.05, 3.63) is 34.9 Å². The Hall–Kier alpha value is -1.55. The molecule has 0 aromatic rings. The molecule has 2 rings (SSSR count). The van der Waals surface area contributed by atoms with E-state index >= 15 is 0 Å². The van der Waals surface area contributed by atoms with Crippen LogP contribution in [-0.2, 0) is 4.79 Å². The van der Waals surface area contributed by atoms with Crippen molar-refractivity contribution in [3.63, 3.8) is 0 Å². The Morgan fingerprint density at radius 2 is 1.68 bits per heavy atom. The molecule has 2 aliphatic carbocycles. The fraction of sp³-hybridized carbons (Fsp3) is 0.781. The van der Waals surface area contributed by atoms with E-state index in [4.69, 9.17) is 0 Å². The van der Waals surface area contributed by atoms with Crippen LogP contribution < -0.4 is 0 Å². The molecule has 1 fully saturated rings. The molecule has 12 unspecified atom stereocenters. The van der Waals surface area contributed by atoms with Crippen molar-refractivity contribution in [1.29, 1.82) is 0 Å². The van der Waals surface area contributed by atoms with E-state index < -0.39 is 53.9 Å². The molecule has 0 spiro atoms. The molecule has 40 heavy (non-hydrogen) atoms. The van der Waals surface area contributed by atoms with Gasteiger partial charge in [0, 0.05) is 29.2 Å². The number of allylic oxidation sites excluding steroid dienone is 3. The molecule has 1 saturated carbocycles. The van der Waals surface area contributed by atoms with Gasteiger partial charge in [-0.15, -0.1) is 0 Å². The lowest BCUT2D eigenvalue weighted by Crippen LogP contribution is -2.56. The molecular weight excluding hydrogens is 512 g/mol. The first kappa shape index (κ1) is 34.7. The van der Waals surface area contributed by atoms with Crippen molar-refractivity contribution >= 4 is 5.97 Å². The number of aliphatic carboxylic acids is 1. The maximum absolute atomic E-state index is 11.8. The van der Waals surface area contributed by atoms with Gasteiger partial charge < -0.3 is 35.7 Å². The molecule has 12 atom stereocenters. The molecule has 7 N–H and O–H groups in total.